The molecule has 39 heavy (non-hydrogen) atoms. The molecular weight excluding hydrogens is 514 g/mol. The van der Waals surface area contributed by atoms with Crippen molar-refractivity contribution in [2.75, 3.05) is 20.3 Å². The molecule has 0 bridgehead atoms. The van der Waals surface area contributed by atoms with E-state index in [0.29, 0.717) is 5.70 Å². The monoisotopic (exact) mass is 536 g/mol. The van der Waals surface area contributed by atoms with Crippen molar-refractivity contribution in [3.8, 4) is 17.2 Å². The largest absolute Gasteiger partial charge is 0.504 e. The third-order valence-electron chi connectivity index (χ3n) is 5.59. The second kappa shape index (κ2) is 11.2. The minimum absolute atomic E-state index is 0.163. The predicted molar refractivity (Wildman–Crippen MR) is 134 cm³/mol. The first kappa shape index (κ1) is 26.5. The van der Waals surface area contributed by atoms with Crippen LogP contribution in [0.15, 0.2) is 69.5 Å². The SMILES string of the molecule is COC1=C(NC(=O)C(NC(=O)c2coc3c(O)c(O)ccc3c2=O)c2ccc(OCC(=O)O)cc2)CNC=[C+]1. The lowest BCUT2D eigenvalue weighted by Crippen LogP contribution is -2.43. The maximum absolute atomic E-state index is 13.4. The number of carboxylic acids is 1. The fourth-order valence-electron chi connectivity index (χ4n) is 3.68. The highest BCUT2D eigenvalue weighted by Crippen LogP contribution is 2.32. The Morgan fingerprint density at radius 2 is 1.90 bits per heavy atom. The van der Waals surface area contributed by atoms with Crippen LogP contribution in [0.4, 0.5) is 0 Å². The second-order valence-corrected chi connectivity index (χ2v) is 8.12. The highest BCUT2D eigenvalue weighted by molar-refractivity contribution is 6.00. The zero-order chi connectivity index (χ0) is 28.1. The third kappa shape index (κ3) is 5.73. The summed E-state index contributed by atoms with van der Waals surface area (Å²) in [5.74, 6) is -3.51. The number of hydrogen-bond donors (Lipinski definition) is 6. The van der Waals surface area contributed by atoms with Crippen LogP contribution in [0.2, 0.25) is 0 Å². The molecule has 1 atom stereocenters. The van der Waals surface area contributed by atoms with Crippen molar-refractivity contribution in [3.63, 3.8) is 0 Å². The number of rotatable bonds is 9. The highest BCUT2D eigenvalue weighted by atomic mass is 16.5. The van der Waals surface area contributed by atoms with Crippen LogP contribution in [0.25, 0.3) is 11.0 Å². The van der Waals surface area contributed by atoms with Crippen LogP contribution in [0, 0.1) is 6.08 Å². The molecule has 0 saturated heterocycles. The number of methoxy groups -OCH3 is 1. The average molecular weight is 536 g/mol. The summed E-state index contributed by atoms with van der Waals surface area (Å²) in [6, 6.07) is 6.65. The first-order valence-corrected chi connectivity index (χ1v) is 11.3. The van der Waals surface area contributed by atoms with Crippen LogP contribution in [0.3, 0.4) is 0 Å². The number of carbonyl (C=O) groups is 3. The number of fused-ring (bicyclic) bond motifs is 1. The van der Waals surface area contributed by atoms with Gasteiger partial charge >= 0.3 is 11.7 Å². The number of phenolic OH excluding ortho intramolecular Hbond substituents is 2. The maximum atomic E-state index is 13.4. The average Bonchev–Trinajstić information content (AvgIpc) is 2.93. The van der Waals surface area contributed by atoms with E-state index in [1.807, 2.05) is 0 Å². The number of ether oxygens (including phenoxy) is 2. The fourth-order valence-corrected chi connectivity index (χ4v) is 3.68. The number of amides is 2. The van der Waals surface area contributed by atoms with Crippen LogP contribution < -0.4 is 26.1 Å². The van der Waals surface area contributed by atoms with Gasteiger partial charge in [0.05, 0.1) is 12.5 Å². The molecule has 6 N–H and O–H groups in total. The Kier molecular flexibility index (Phi) is 7.64. The molecule has 3 aromatic rings. The van der Waals surface area contributed by atoms with Gasteiger partial charge in [-0.25, -0.2) is 10.1 Å². The summed E-state index contributed by atoms with van der Waals surface area (Å²) in [7, 11) is 1.40. The minimum atomic E-state index is -1.34. The summed E-state index contributed by atoms with van der Waals surface area (Å²) in [5.41, 5.74) is -0.957. The van der Waals surface area contributed by atoms with Gasteiger partial charge in [0.15, 0.2) is 30.2 Å². The fraction of sp³-hybridized carbons (Fsp3) is 0.154. The van der Waals surface area contributed by atoms with Gasteiger partial charge in [0.2, 0.25) is 16.9 Å². The van der Waals surface area contributed by atoms with Gasteiger partial charge in [0.25, 0.3) is 11.8 Å². The molecule has 4 rings (SSSR count). The van der Waals surface area contributed by atoms with E-state index in [0.717, 1.165) is 12.3 Å². The summed E-state index contributed by atoms with van der Waals surface area (Å²) in [6.45, 7) is -0.370. The molecule has 0 radical (unpaired) electrons. The second-order valence-electron chi connectivity index (χ2n) is 8.12. The van der Waals surface area contributed by atoms with Crippen molar-refractivity contribution >= 4 is 28.8 Å². The molecule has 200 valence electrons. The standard InChI is InChI=1S/C26H21N3O10/c1-37-19-8-9-27-10-17(19)28-26(36)21(13-2-4-14(5-3-13)38-12-20(31)32)29-25(35)16-11-39-24-15(22(16)33)6-7-18(30)23(24)34/h2-7,9,11,21,27H,10,12H2,1H3,(H4-,28,29,30,31,32,33,34,35,36)/p+1. The molecule has 0 saturated carbocycles. The van der Waals surface area contributed by atoms with Crippen molar-refractivity contribution in [2.24, 2.45) is 0 Å². The minimum Gasteiger partial charge on any atom is -0.504 e. The Hall–Kier alpha value is -5.55. The van der Waals surface area contributed by atoms with E-state index in [-0.39, 0.29) is 34.6 Å². The number of aliphatic carboxylic acids is 1. The van der Waals surface area contributed by atoms with Crippen molar-refractivity contribution < 1.29 is 43.6 Å². The quantitative estimate of drug-likeness (QED) is 0.169. The van der Waals surface area contributed by atoms with Gasteiger partial charge in [-0.3, -0.25) is 14.4 Å². The lowest BCUT2D eigenvalue weighted by atomic mass is 10.0. The first-order chi connectivity index (χ1) is 18.7. The Labute approximate surface area is 220 Å². The lowest BCUT2D eigenvalue weighted by molar-refractivity contribution is -0.139. The van der Waals surface area contributed by atoms with Gasteiger partial charge in [-0.1, -0.05) is 12.1 Å². The number of carbonyl (C=O) groups excluding carboxylic acids is 2. The number of aromatic hydroxyl groups is 2. The molecule has 1 aliphatic rings. The molecule has 2 amide bonds. The molecule has 2 heterocycles. The van der Waals surface area contributed by atoms with Crippen molar-refractivity contribution in [1.82, 2.24) is 16.0 Å². The number of dihydropyridines is 1. The molecule has 0 fully saturated rings. The highest BCUT2D eigenvalue weighted by Gasteiger charge is 2.30. The molecule has 13 heteroatoms. The molecule has 13 nitrogen and oxygen atoms in total. The van der Waals surface area contributed by atoms with Crippen molar-refractivity contribution in [1.29, 1.82) is 0 Å². The zero-order valence-electron chi connectivity index (χ0n) is 20.3. The topological polar surface area (TPSA) is 197 Å². The summed E-state index contributed by atoms with van der Waals surface area (Å²) >= 11 is 0. The summed E-state index contributed by atoms with van der Waals surface area (Å²) in [4.78, 5) is 50.3. The van der Waals surface area contributed by atoms with Crippen LogP contribution >= 0.6 is 0 Å². The first-order valence-electron chi connectivity index (χ1n) is 11.3. The maximum Gasteiger partial charge on any atom is 0.373 e. The summed E-state index contributed by atoms with van der Waals surface area (Å²) in [5, 5.41) is 36.3. The van der Waals surface area contributed by atoms with Gasteiger partial charge in [-0.05, 0) is 29.8 Å². The number of allylic oxidation sites excluding steroid dienone is 1. The van der Waals surface area contributed by atoms with E-state index >= 15 is 0 Å². The van der Waals surface area contributed by atoms with E-state index in [9.17, 15) is 29.4 Å². The van der Waals surface area contributed by atoms with E-state index in [1.54, 1.807) is 0 Å². The Morgan fingerprint density at radius 1 is 1.15 bits per heavy atom. The van der Waals surface area contributed by atoms with Crippen LogP contribution in [-0.4, -0.2) is 53.4 Å². The summed E-state index contributed by atoms with van der Waals surface area (Å²) < 4.78 is 15.6. The Bertz CT molecular complexity index is 1560. The summed E-state index contributed by atoms with van der Waals surface area (Å²) in [6.07, 6.45) is 5.12. The van der Waals surface area contributed by atoms with Crippen molar-refractivity contribution in [2.45, 2.75) is 6.04 Å². The van der Waals surface area contributed by atoms with Gasteiger partial charge in [-0.2, -0.15) is 0 Å². The Morgan fingerprint density at radius 3 is 2.59 bits per heavy atom. The van der Waals surface area contributed by atoms with E-state index in [4.69, 9.17) is 19.0 Å². The number of hydrogen-bond acceptors (Lipinski definition) is 10. The van der Waals surface area contributed by atoms with Gasteiger partial charge in [0.1, 0.15) is 30.2 Å². The number of benzene rings is 2. The van der Waals surface area contributed by atoms with Gasteiger partial charge in [-0.15, -0.1) is 0 Å². The van der Waals surface area contributed by atoms with E-state index in [2.05, 4.69) is 22.0 Å². The zero-order valence-corrected chi connectivity index (χ0v) is 20.3. The Balaban J connectivity index is 1.66. The molecule has 0 spiro atoms. The third-order valence-corrected chi connectivity index (χ3v) is 5.59. The van der Waals surface area contributed by atoms with Crippen LogP contribution in [-0.2, 0) is 14.3 Å². The number of phenols is 2. The predicted octanol–water partition coefficient (Wildman–Crippen LogP) is 1.03. The molecular formula is C26H22N3O10+. The molecule has 2 aromatic carbocycles. The normalized spacial score (nSPS) is 13.2. The molecule has 0 aliphatic carbocycles. The lowest BCUT2D eigenvalue weighted by Gasteiger charge is -2.19. The molecule has 1 aliphatic heterocycles. The van der Waals surface area contributed by atoms with Crippen molar-refractivity contribution in [3.05, 3.63) is 87.7 Å². The molecule has 1 aromatic heterocycles. The van der Waals surface area contributed by atoms with Gasteiger partial charge in [0, 0.05) is 0 Å². The van der Waals surface area contributed by atoms with Crippen LogP contribution in [0.1, 0.15) is 22.0 Å². The smallest absolute Gasteiger partial charge is 0.373 e. The molecule has 1 unspecified atom stereocenters. The van der Waals surface area contributed by atoms with E-state index < -0.39 is 52.9 Å². The van der Waals surface area contributed by atoms with Gasteiger partial charge < -0.3 is 39.8 Å². The number of nitrogens with one attached hydrogen (secondary N) is 3. The van der Waals surface area contributed by atoms with E-state index in [1.165, 1.54) is 43.6 Å². The number of carboxylic acid groups (broad SMARTS) is 1. The van der Waals surface area contributed by atoms with Crippen LogP contribution in [0.5, 0.6) is 17.2 Å².